The molecule has 0 fully saturated rings. The molecular weight excluding hydrogens is 307 g/mol. The van der Waals surface area contributed by atoms with Gasteiger partial charge in [-0.2, -0.15) is 13.2 Å². The van der Waals surface area contributed by atoms with Crippen LogP contribution in [0.15, 0.2) is 24.3 Å². The Kier molecular flexibility index (Phi) is 5.90. The molecule has 120 valence electrons. The van der Waals surface area contributed by atoms with Crippen molar-refractivity contribution in [3.8, 4) is 0 Å². The number of carbonyl (C=O) groups excluding carboxylic acids is 2. The molecule has 0 spiro atoms. The third kappa shape index (κ3) is 6.73. The Balaban J connectivity index is 2.37. The fourth-order valence-electron chi connectivity index (χ4n) is 1.37. The summed E-state index contributed by atoms with van der Waals surface area (Å²) in [7, 11) is 0. The van der Waals surface area contributed by atoms with Gasteiger partial charge in [-0.3, -0.25) is 9.59 Å². The third-order valence-corrected chi connectivity index (χ3v) is 2.37. The summed E-state index contributed by atoms with van der Waals surface area (Å²) in [5, 5.41) is 11.1. The van der Waals surface area contributed by atoms with Crippen molar-refractivity contribution >= 4 is 23.5 Å². The van der Waals surface area contributed by atoms with E-state index in [2.05, 4.69) is 10.1 Å². The molecule has 0 aromatic heterocycles. The largest absolute Gasteiger partial charge is 0.478 e. The number of hydrogen-bond donors (Lipinski definition) is 2. The molecule has 0 heterocycles. The summed E-state index contributed by atoms with van der Waals surface area (Å²) >= 11 is 0. The van der Waals surface area contributed by atoms with Crippen LogP contribution in [-0.2, 0) is 14.3 Å². The molecule has 0 aliphatic carbocycles. The van der Waals surface area contributed by atoms with Crippen molar-refractivity contribution in [1.29, 1.82) is 0 Å². The van der Waals surface area contributed by atoms with Gasteiger partial charge in [-0.25, -0.2) is 4.79 Å². The number of ether oxygens (including phenoxy) is 1. The van der Waals surface area contributed by atoms with E-state index in [9.17, 15) is 27.6 Å². The first-order valence-electron chi connectivity index (χ1n) is 6.03. The minimum Gasteiger partial charge on any atom is -0.478 e. The Bertz CT molecular complexity index is 554. The van der Waals surface area contributed by atoms with Gasteiger partial charge >= 0.3 is 18.1 Å². The number of rotatable bonds is 6. The first kappa shape index (κ1) is 17.5. The first-order chi connectivity index (χ1) is 10.2. The van der Waals surface area contributed by atoms with Crippen LogP contribution in [0.25, 0.3) is 0 Å². The summed E-state index contributed by atoms with van der Waals surface area (Å²) in [6, 6.07) is 5.25. The topological polar surface area (TPSA) is 92.7 Å². The minimum atomic E-state index is -4.61. The zero-order valence-electron chi connectivity index (χ0n) is 11.1. The number of benzene rings is 1. The number of esters is 1. The minimum absolute atomic E-state index is 0.0359. The van der Waals surface area contributed by atoms with E-state index in [0.29, 0.717) is 5.69 Å². The number of alkyl halides is 3. The Labute approximate surface area is 122 Å². The molecule has 0 saturated heterocycles. The van der Waals surface area contributed by atoms with Crippen LogP contribution in [0.2, 0.25) is 0 Å². The molecule has 1 rings (SSSR count). The summed E-state index contributed by atoms with van der Waals surface area (Å²) in [5.41, 5.74) is 0.340. The normalized spacial score (nSPS) is 10.9. The molecule has 22 heavy (non-hydrogen) atoms. The highest BCUT2D eigenvalue weighted by atomic mass is 19.4. The Hall–Kier alpha value is -2.58. The molecule has 0 atom stereocenters. The van der Waals surface area contributed by atoms with Crippen LogP contribution < -0.4 is 5.32 Å². The summed E-state index contributed by atoms with van der Waals surface area (Å²) in [4.78, 5) is 33.1. The van der Waals surface area contributed by atoms with Crippen molar-refractivity contribution in [3.05, 3.63) is 29.8 Å². The lowest BCUT2D eigenvalue weighted by Crippen LogP contribution is -2.21. The van der Waals surface area contributed by atoms with Crippen molar-refractivity contribution in [1.82, 2.24) is 0 Å². The predicted molar refractivity (Wildman–Crippen MR) is 68.3 cm³/mol. The monoisotopic (exact) mass is 319 g/mol. The molecule has 2 N–H and O–H groups in total. The van der Waals surface area contributed by atoms with Crippen molar-refractivity contribution in [3.63, 3.8) is 0 Å². The molecule has 0 saturated carbocycles. The molecule has 9 heteroatoms. The number of halogens is 3. The van der Waals surface area contributed by atoms with Gasteiger partial charge in [0.05, 0.1) is 12.0 Å². The Morgan fingerprint density at radius 1 is 1.09 bits per heavy atom. The molecule has 1 aromatic rings. The van der Waals surface area contributed by atoms with Gasteiger partial charge in [0.2, 0.25) is 5.91 Å². The van der Waals surface area contributed by atoms with E-state index in [0.717, 1.165) is 0 Å². The molecule has 0 aliphatic rings. The Morgan fingerprint density at radius 3 is 2.18 bits per heavy atom. The van der Waals surface area contributed by atoms with E-state index < -0.39 is 37.0 Å². The lowest BCUT2D eigenvalue weighted by Gasteiger charge is -2.08. The SMILES string of the molecule is O=C(CCC(=O)OCC(F)(F)F)Nc1ccc(C(=O)O)cc1. The zero-order chi connectivity index (χ0) is 16.8. The van der Waals surface area contributed by atoms with Crippen LogP contribution in [0.4, 0.5) is 18.9 Å². The van der Waals surface area contributed by atoms with E-state index in [-0.39, 0.29) is 12.0 Å². The molecule has 6 nitrogen and oxygen atoms in total. The highest BCUT2D eigenvalue weighted by molar-refractivity contribution is 5.93. The van der Waals surface area contributed by atoms with Gasteiger partial charge in [0.15, 0.2) is 6.61 Å². The van der Waals surface area contributed by atoms with E-state index >= 15 is 0 Å². The number of nitrogens with one attached hydrogen (secondary N) is 1. The van der Waals surface area contributed by atoms with E-state index in [4.69, 9.17) is 5.11 Å². The van der Waals surface area contributed by atoms with Gasteiger partial charge in [-0.1, -0.05) is 0 Å². The number of carbonyl (C=O) groups is 3. The highest BCUT2D eigenvalue weighted by Gasteiger charge is 2.29. The fourth-order valence-corrected chi connectivity index (χ4v) is 1.37. The second-order valence-electron chi connectivity index (χ2n) is 4.21. The van der Waals surface area contributed by atoms with Gasteiger partial charge in [0.25, 0.3) is 0 Å². The number of carboxylic acid groups (broad SMARTS) is 1. The molecule has 1 aromatic carbocycles. The van der Waals surface area contributed by atoms with Crippen molar-refractivity contribution in [2.75, 3.05) is 11.9 Å². The summed E-state index contributed by atoms with van der Waals surface area (Å²) in [6.07, 6.45) is -5.45. The van der Waals surface area contributed by atoms with Gasteiger partial charge in [-0.15, -0.1) is 0 Å². The van der Waals surface area contributed by atoms with Gasteiger partial charge < -0.3 is 15.2 Å². The fraction of sp³-hybridized carbons (Fsp3) is 0.308. The Morgan fingerprint density at radius 2 is 1.68 bits per heavy atom. The summed E-state index contributed by atoms with van der Waals surface area (Å²) < 4.78 is 39.3. The van der Waals surface area contributed by atoms with E-state index in [1.807, 2.05) is 0 Å². The summed E-state index contributed by atoms with van der Waals surface area (Å²) in [6.45, 7) is -1.69. The number of carboxylic acids is 1. The average molecular weight is 319 g/mol. The van der Waals surface area contributed by atoms with Gasteiger partial charge in [0, 0.05) is 12.1 Å². The van der Waals surface area contributed by atoms with Crippen LogP contribution in [0, 0.1) is 0 Å². The standard InChI is InChI=1S/C13H12F3NO5/c14-13(15,16)7-22-11(19)6-5-10(18)17-9-3-1-8(2-4-9)12(20)21/h1-4H,5-7H2,(H,17,18)(H,20,21). The van der Waals surface area contributed by atoms with Gasteiger partial charge in [-0.05, 0) is 24.3 Å². The molecule has 0 aliphatic heterocycles. The van der Waals surface area contributed by atoms with Crippen LogP contribution >= 0.6 is 0 Å². The number of amides is 1. The lowest BCUT2D eigenvalue weighted by atomic mass is 10.2. The molecule has 0 bridgehead atoms. The number of anilines is 1. The smallest absolute Gasteiger partial charge is 0.422 e. The quantitative estimate of drug-likeness (QED) is 0.784. The predicted octanol–water partition coefficient (Wildman–Crippen LogP) is 2.21. The second kappa shape index (κ2) is 7.43. The van der Waals surface area contributed by atoms with Crippen LogP contribution in [0.5, 0.6) is 0 Å². The lowest BCUT2D eigenvalue weighted by molar-refractivity contribution is -0.186. The van der Waals surface area contributed by atoms with E-state index in [1.165, 1.54) is 24.3 Å². The molecular formula is C13H12F3NO5. The number of hydrogen-bond acceptors (Lipinski definition) is 4. The van der Waals surface area contributed by atoms with Crippen molar-refractivity contribution < 1.29 is 37.4 Å². The second-order valence-corrected chi connectivity index (χ2v) is 4.21. The summed E-state index contributed by atoms with van der Waals surface area (Å²) in [5.74, 6) is -2.86. The maximum absolute atomic E-state index is 11.8. The van der Waals surface area contributed by atoms with Crippen LogP contribution in [-0.4, -0.2) is 35.7 Å². The molecule has 0 unspecified atom stereocenters. The maximum atomic E-state index is 11.8. The maximum Gasteiger partial charge on any atom is 0.422 e. The average Bonchev–Trinajstić information content (AvgIpc) is 2.42. The van der Waals surface area contributed by atoms with Crippen molar-refractivity contribution in [2.24, 2.45) is 0 Å². The van der Waals surface area contributed by atoms with Gasteiger partial charge in [0.1, 0.15) is 0 Å². The zero-order valence-corrected chi connectivity index (χ0v) is 11.1. The molecule has 0 radical (unpaired) electrons. The van der Waals surface area contributed by atoms with Crippen LogP contribution in [0.3, 0.4) is 0 Å². The third-order valence-electron chi connectivity index (χ3n) is 2.37. The van der Waals surface area contributed by atoms with E-state index in [1.54, 1.807) is 0 Å². The first-order valence-corrected chi connectivity index (χ1v) is 6.03. The number of aromatic carboxylic acids is 1. The van der Waals surface area contributed by atoms with Crippen molar-refractivity contribution in [2.45, 2.75) is 19.0 Å². The highest BCUT2D eigenvalue weighted by Crippen LogP contribution is 2.15. The van der Waals surface area contributed by atoms with Crippen LogP contribution in [0.1, 0.15) is 23.2 Å². The molecule has 1 amide bonds.